The summed E-state index contributed by atoms with van der Waals surface area (Å²) in [6.45, 7) is 9.44. The fraction of sp³-hybridized carbons (Fsp3) is 0.846. The van der Waals surface area contributed by atoms with E-state index in [9.17, 15) is 9.59 Å². The lowest BCUT2D eigenvalue weighted by atomic mass is 9.77. The van der Waals surface area contributed by atoms with E-state index in [1.54, 1.807) is 0 Å². The van der Waals surface area contributed by atoms with Crippen LogP contribution in [0, 0.1) is 17.3 Å². The van der Waals surface area contributed by atoms with Crippen molar-refractivity contribution in [3.63, 3.8) is 0 Å². The van der Waals surface area contributed by atoms with Crippen molar-refractivity contribution in [3.8, 4) is 0 Å². The van der Waals surface area contributed by atoms with Crippen molar-refractivity contribution in [1.82, 2.24) is 4.90 Å². The van der Waals surface area contributed by atoms with Crippen LogP contribution in [0.2, 0.25) is 0 Å². The Kier molecular flexibility index (Phi) is 3.97. The smallest absolute Gasteiger partial charge is 0.236 e. The van der Waals surface area contributed by atoms with Gasteiger partial charge in [0.05, 0.1) is 5.41 Å². The van der Waals surface area contributed by atoms with Crippen molar-refractivity contribution < 1.29 is 14.7 Å². The van der Waals surface area contributed by atoms with Gasteiger partial charge in [0.2, 0.25) is 11.8 Å². The molecule has 0 aliphatic carbocycles. The molecule has 17 heavy (non-hydrogen) atoms. The van der Waals surface area contributed by atoms with Crippen LogP contribution in [-0.4, -0.2) is 34.5 Å². The molecule has 1 aliphatic heterocycles. The number of carbonyl (C=O) groups excluding carboxylic acids is 2. The maximum atomic E-state index is 12.4. The molecule has 1 N–H and O–H groups in total. The van der Waals surface area contributed by atoms with E-state index < -0.39 is 5.41 Å². The fourth-order valence-electron chi connectivity index (χ4n) is 2.13. The minimum absolute atomic E-state index is 0.0172. The topological polar surface area (TPSA) is 57.6 Å². The summed E-state index contributed by atoms with van der Waals surface area (Å²) in [6, 6.07) is -0.236. The van der Waals surface area contributed by atoms with Crippen molar-refractivity contribution >= 4 is 11.8 Å². The van der Waals surface area contributed by atoms with Crippen molar-refractivity contribution in [3.05, 3.63) is 0 Å². The van der Waals surface area contributed by atoms with Crippen molar-refractivity contribution in [2.45, 2.75) is 47.1 Å². The number of amides is 2. The van der Waals surface area contributed by atoms with Gasteiger partial charge in [-0.05, 0) is 25.7 Å². The number of carbonyl (C=O) groups is 2. The predicted molar refractivity (Wildman–Crippen MR) is 65.1 cm³/mol. The minimum Gasteiger partial charge on any atom is -0.396 e. The molecule has 1 aliphatic rings. The molecule has 1 saturated heterocycles. The number of nitrogens with zero attached hydrogens (tertiary/aromatic N) is 1. The van der Waals surface area contributed by atoms with Crippen LogP contribution in [-0.2, 0) is 9.59 Å². The SMILES string of the molecule is CC(CO)C(C)N1C(=O)CC(C)(C(C)C)C1=O. The van der Waals surface area contributed by atoms with Crippen molar-refractivity contribution in [1.29, 1.82) is 0 Å². The third-order valence-electron chi connectivity index (χ3n) is 4.29. The maximum absolute atomic E-state index is 12.4. The summed E-state index contributed by atoms with van der Waals surface area (Å²) < 4.78 is 0. The minimum atomic E-state index is -0.583. The third kappa shape index (κ3) is 2.23. The molecular weight excluding hydrogens is 218 g/mol. The van der Waals surface area contributed by atoms with Gasteiger partial charge in [0.15, 0.2) is 0 Å². The fourth-order valence-corrected chi connectivity index (χ4v) is 2.13. The van der Waals surface area contributed by atoms with Crippen LogP contribution < -0.4 is 0 Å². The molecule has 0 aromatic carbocycles. The molecule has 1 rings (SSSR count). The van der Waals surface area contributed by atoms with Gasteiger partial charge in [-0.25, -0.2) is 0 Å². The van der Waals surface area contributed by atoms with Gasteiger partial charge in [-0.15, -0.1) is 0 Å². The monoisotopic (exact) mass is 241 g/mol. The molecule has 0 saturated carbocycles. The van der Waals surface area contributed by atoms with E-state index in [1.807, 2.05) is 34.6 Å². The lowest BCUT2D eigenvalue weighted by Gasteiger charge is -2.30. The van der Waals surface area contributed by atoms with E-state index in [2.05, 4.69) is 0 Å². The van der Waals surface area contributed by atoms with E-state index in [-0.39, 0.29) is 42.7 Å². The molecule has 0 spiro atoms. The summed E-state index contributed by atoms with van der Waals surface area (Å²) in [5.41, 5.74) is -0.583. The first-order chi connectivity index (χ1) is 7.75. The van der Waals surface area contributed by atoms with Gasteiger partial charge in [0, 0.05) is 19.1 Å². The van der Waals surface area contributed by atoms with Crippen molar-refractivity contribution in [2.75, 3.05) is 6.61 Å². The Morgan fingerprint density at radius 2 is 1.82 bits per heavy atom. The molecule has 3 unspecified atom stereocenters. The second-order valence-corrected chi connectivity index (χ2v) is 5.72. The van der Waals surface area contributed by atoms with Gasteiger partial charge in [-0.2, -0.15) is 0 Å². The molecule has 4 heteroatoms. The lowest BCUT2D eigenvalue weighted by Crippen LogP contribution is -2.45. The normalized spacial score (nSPS) is 29.0. The van der Waals surface area contributed by atoms with E-state index in [4.69, 9.17) is 5.11 Å². The molecule has 0 aromatic rings. The Morgan fingerprint density at radius 1 is 1.29 bits per heavy atom. The van der Waals surface area contributed by atoms with Gasteiger partial charge in [0.25, 0.3) is 0 Å². The first kappa shape index (κ1) is 14.2. The highest BCUT2D eigenvalue weighted by Crippen LogP contribution is 2.40. The van der Waals surface area contributed by atoms with E-state index in [0.29, 0.717) is 0 Å². The number of aliphatic hydroxyl groups is 1. The highest BCUT2D eigenvalue weighted by Gasteiger charge is 2.51. The summed E-state index contributed by atoms with van der Waals surface area (Å²) in [7, 11) is 0. The summed E-state index contributed by atoms with van der Waals surface area (Å²) in [5, 5.41) is 9.13. The standard InChI is InChI=1S/C13H23NO3/c1-8(2)13(5)6-11(16)14(12(13)17)10(4)9(3)7-15/h8-10,15H,6-7H2,1-5H3. The van der Waals surface area contributed by atoms with Crippen LogP contribution in [0.5, 0.6) is 0 Å². The highest BCUT2D eigenvalue weighted by atomic mass is 16.3. The Morgan fingerprint density at radius 3 is 2.18 bits per heavy atom. The first-order valence-corrected chi connectivity index (χ1v) is 6.23. The summed E-state index contributed by atoms with van der Waals surface area (Å²) in [4.78, 5) is 25.7. The van der Waals surface area contributed by atoms with Crippen LogP contribution >= 0.6 is 0 Å². The Bertz CT molecular complexity index is 327. The molecular formula is C13H23NO3. The molecule has 0 aromatic heterocycles. The van der Waals surface area contributed by atoms with Crippen LogP contribution in [0.15, 0.2) is 0 Å². The summed E-state index contributed by atoms with van der Waals surface area (Å²) in [5.74, 6) is -0.151. The Hall–Kier alpha value is -0.900. The molecule has 0 radical (unpaired) electrons. The van der Waals surface area contributed by atoms with Crippen LogP contribution in [0.1, 0.15) is 41.0 Å². The largest absolute Gasteiger partial charge is 0.396 e. The number of imide groups is 1. The molecule has 1 fully saturated rings. The quantitative estimate of drug-likeness (QED) is 0.757. The molecule has 2 amide bonds. The maximum Gasteiger partial charge on any atom is 0.236 e. The van der Waals surface area contributed by atoms with Gasteiger partial charge in [-0.1, -0.05) is 20.8 Å². The Balaban J connectivity index is 2.97. The molecule has 1 heterocycles. The number of rotatable bonds is 4. The molecule has 98 valence electrons. The second-order valence-electron chi connectivity index (χ2n) is 5.72. The van der Waals surface area contributed by atoms with Gasteiger partial charge in [0.1, 0.15) is 0 Å². The predicted octanol–water partition coefficient (Wildman–Crippen LogP) is 1.42. The molecule has 4 nitrogen and oxygen atoms in total. The highest BCUT2D eigenvalue weighted by molar-refractivity contribution is 6.06. The lowest BCUT2D eigenvalue weighted by molar-refractivity contribution is -0.145. The second kappa shape index (κ2) is 4.77. The van der Waals surface area contributed by atoms with Crippen LogP contribution in [0.25, 0.3) is 0 Å². The van der Waals surface area contributed by atoms with E-state index in [1.165, 1.54) is 4.90 Å². The molecule has 3 atom stereocenters. The average Bonchev–Trinajstić information content (AvgIpc) is 2.49. The molecule has 0 bridgehead atoms. The van der Waals surface area contributed by atoms with Gasteiger partial charge >= 0.3 is 0 Å². The van der Waals surface area contributed by atoms with E-state index >= 15 is 0 Å². The Labute approximate surface area is 103 Å². The number of aliphatic hydroxyl groups excluding tert-OH is 1. The van der Waals surface area contributed by atoms with E-state index in [0.717, 1.165) is 0 Å². The third-order valence-corrected chi connectivity index (χ3v) is 4.29. The van der Waals surface area contributed by atoms with Gasteiger partial charge < -0.3 is 5.11 Å². The first-order valence-electron chi connectivity index (χ1n) is 6.23. The number of hydrogen-bond donors (Lipinski definition) is 1. The summed E-state index contributed by atoms with van der Waals surface area (Å²) >= 11 is 0. The van der Waals surface area contributed by atoms with Gasteiger partial charge in [-0.3, -0.25) is 14.5 Å². The van der Waals surface area contributed by atoms with Crippen LogP contribution in [0.4, 0.5) is 0 Å². The average molecular weight is 241 g/mol. The van der Waals surface area contributed by atoms with Crippen molar-refractivity contribution in [2.24, 2.45) is 17.3 Å². The zero-order chi connectivity index (χ0) is 13.4. The van der Waals surface area contributed by atoms with Crippen LogP contribution in [0.3, 0.4) is 0 Å². The number of hydrogen-bond acceptors (Lipinski definition) is 3. The zero-order valence-corrected chi connectivity index (χ0v) is 11.4. The zero-order valence-electron chi connectivity index (χ0n) is 11.4. The number of likely N-dealkylation sites (tertiary alicyclic amines) is 1. The summed E-state index contributed by atoms with van der Waals surface area (Å²) in [6.07, 6.45) is 0.284.